The van der Waals surface area contributed by atoms with E-state index >= 15 is 0 Å². The quantitative estimate of drug-likeness (QED) is 0.186. The summed E-state index contributed by atoms with van der Waals surface area (Å²) in [4.78, 5) is 23.6. The lowest BCUT2D eigenvalue weighted by Crippen LogP contribution is -2.35. The van der Waals surface area contributed by atoms with Crippen LogP contribution in [0.4, 0.5) is 4.79 Å². The molecule has 0 fully saturated rings. The van der Waals surface area contributed by atoms with Crippen molar-refractivity contribution in [3.63, 3.8) is 0 Å². The highest BCUT2D eigenvalue weighted by Gasteiger charge is 2.34. The SMILES string of the molecule is C/C(=C/CC(C)(C)/C=C\OC(=O)OC(C)(C)OC(=O)C(C)C)C(C)(C)C(C)(C)C. The van der Waals surface area contributed by atoms with E-state index in [2.05, 4.69) is 61.5 Å². The van der Waals surface area contributed by atoms with Gasteiger partial charge in [-0.3, -0.25) is 4.79 Å². The topological polar surface area (TPSA) is 61.8 Å². The predicted octanol–water partition coefficient (Wildman–Crippen LogP) is 7.02. The number of allylic oxidation sites excluding steroid dienone is 3. The molecule has 0 bridgehead atoms. The Bertz CT molecular complexity index is 628. The normalized spacial score (nSPS) is 14.3. The molecule has 0 heterocycles. The summed E-state index contributed by atoms with van der Waals surface area (Å²) in [6.45, 7) is 24.0. The smallest absolute Gasteiger partial charge is 0.423 e. The molecule has 0 amide bonds. The lowest BCUT2D eigenvalue weighted by atomic mass is 9.65. The Labute approximate surface area is 177 Å². The molecule has 0 N–H and O–H groups in total. The van der Waals surface area contributed by atoms with Crippen molar-refractivity contribution in [2.75, 3.05) is 0 Å². The minimum absolute atomic E-state index is 0.0755. The highest BCUT2D eigenvalue weighted by molar-refractivity contribution is 5.72. The van der Waals surface area contributed by atoms with Gasteiger partial charge in [-0.2, -0.15) is 0 Å². The second kappa shape index (κ2) is 9.82. The Morgan fingerprint density at radius 2 is 1.41 bits per heavy atom. The van der Waals surface area contributed by atoms with Crippen molar-refractivity contribution >= 4 is 12.1 Å². The van der Waals surface area contributed by atoms with Crippen LogP contribution in [0.1, 0.15) is 89.5 Å². The molecule has 0 spiro atoms. The van der Waals surface area contributed by atoms with Crippen LogP contribution in [0.3, 0.4) is 0 Å². The summed E-state index contributed by atoms with van der Waals surface area (Å²) in [5.41, 5.74) is 1.37. The number of carbonyl (C=O) groups is 2. The molecule has 0 saturated carbocycles. The number of ether oxygens (including phenoxy) is 3. The van der Waals surface area contributed by atoms with Crippen LogP contribution in [-0.4, -0.2) is 17.9 Å². The van der Waals surface area contributed by atoms with Crippen molar-refractivity contribution in [2.24, 2.45) is 22.2 Å². The van der Waals surface area contributed by atoms with Crippen molar-refractivity contribution in [1.82, 2.24) is 0 Å². The molecule has 0 aromatic carbocycles. The highest BCUT2D eigenvalue weighted by atomic mass is 16.8. The van der Waals surface area contributed by atoms with Gasteiger partial charge in [-0.15, -0.1) is 0 Å². The van der Waals surface area contributed by atoms with Gasteiger partial charge in [-0.25, -0.2) is 4.79 Å². The van der Waals surface area contributed by atoms with Crippen LogP contribution >= 0.6 is 0 Å². The van der Waals surface area contributed by atoms with E-state index < -0.39 is 17.9 Å². The van der Waals surface area contributed by atoms with E-state index in [0.717, 1.165) is 6.42 Å². The molecular formula is C24H42O5. The Morgan fingerprint density at radius 3 is 1.86 bits per heavy atom. The number of hydrogen-bond acceptors (Lipinski definition) is 5. The molecule has 0 atom stereocenters. The Morgan fingerprint density at radius 1 is 0.897 bits per heavy atom. The molecule has 0 aromatic heterocycles. The van der Waals surface area contributed by atoms with Gasteiger partial charge in [0.25, 0.3) is 5.79 Å². The summed E-state index contributed by atoms with van der Waals surface area (Å²) in [6.07, 6.45) is 5.31. The number of hydrogen-bond donors (Lipinski definition) is 0. The zero-order valence-corrected chi connectivity index (χ0v) is 20.6. The van der Waals surface area contributed by atoms with Gasteiger partial charge in [-0.05, 0) is 35.7 Å². The van der Waals surface area contributed by atoms with Crippen molar-refractivity contribution in [3.05, 3.63) is 24.0 Å². The third-order valence-corrected chi connectivity index (χ3v) is 5.63. The Hall–Kier alpha value is -1.78. The van der Waals surface area contributed by atoms with Gasteiger partial charge in [-0.1, -0.05) is 74.0 Å². The van der Waals surface area contributed by atoms with Crippen molar-refractivity contribution in [1.29, 1.82) is 0 Å². The average molecular weight is 411 g/mol. The Balaban J connectivity index is 4.84. The Kier molecular flexibility index (Phi) is 9.21. The molecule has 0 radical (unpaired) electrons. The lowest BCUT2D eigenvalue weighted by molar-refractivity contribution is -0.202. The molecule has 168 valence electrons. The molecule has 29 heavy (non-hydrogen) atoms. The monoisotopic (exact) mass is 410 g/mol. The van der Waals surface area contributed by atoms with Crippen LogP contribution in [0.15, 0.2) is 24.0 Å². The van der Waals surface area contributed by atoms with E-state index in [1.54, 1.807) is 13.8 Å². The lowest BCUT2D eigenvalue weighted by Gasteiger charge is -2.40. The average Bonchev–Trinajstić information content (AvgIpc) is 2.49. The molecule has 5 nitrogen and oxygen atoms in total. The maximum atomic E-state index is 11.9. The van der Waals surface area contributed by atoms with Crippen LogP contribution in [0.25, 0.3) is 0 Å². The van der Waals surface area contributed by atoms with E-state index in [-0.39, 0.29) is 22.2 Å². The second-order valence-corrected chi connectivity index (χ2v) is 10.7. The number of esters is 1. The van der Waals surface area contributed by atoms with Gasteiger partial charge in [0, 0.05) is 13.8 Å². The van der Waals surface area contributed by atoms with E-state index in [4.69, 9.17) is 14.2 Å². The zero-order chi connectivity index (χ0) is 23.3. The molecule has 0 unspecified atom stereocenters. The molecule has 0 aliphatic heterocycles. The standard InChI is InChI=1S/C24H42O5/c1-17(2)19(25)28-24(11,12)29-20(26)27-16-15-22(7,8)14-13-18(3)23(9,10)21(4,5)6/h13,15-17H,14H2,1-12H3/b16-15-,18-13-. The summed E-state index contributed by atoms with van der Waals surface area (Å²) < 4.78 is 15.3. The summed E-state index contributed by atoms with van der Waals surface area (Å²) in [6, 6.07) is 0. The van der Waals surface area contributed by atoms with Crippen LogP contribution in [0.5, 0.6) is 0 Å². The van der Waals surface area contributed by atoms with Gasteiger partial charge in [0.15, 0.2) is 0 Å². The first-order valence-electron chi connectivity index (χ1n) is 10.3. The van der Waals surface area contributed by atoms with Crippen LogP contribution in [-0.2, 0) is 19.0 Å². The van der Waals surface area contributed by atoms with Gasteiger partial charge < -0.3 is 14.2 Å². The molecule has 0 rings (SSSR count). The molecule has 0 aliphatic carbocycles. The van der Waals surface area contributed by atoms with E-state index in [9.17, 15) is 9.59 Å². The third kappa shape index (κ3) is 9.51. The number of carbonyl (C=O) groups excluding carboxylic acids is 2. The summed E-state index contributed by atoms with van der Waals surface area (Å²) in [7, 11) is 0. The molecule has 0 aliphatic rings. The maximum absolute atomic E-state index is 11.9. The first kappa shape index (κ1) is 27.2. The fourth-order valence-corrected chi connectivity index (χ4v) is 2.21. The van der Waals surface area contributed by atoms with Crippen LogP contribution < -0.4 is 0 Å². The van der Waals surface area contributed by atoms with E-state index in [1.807, 2.05) is 6.08 Å². The van der Waals surface area contributed by atoms with Gasteiger partial charge >= 0.3 is 12.1 Å². The summed E-state index contributed by atoms with van der Waals surface area (Å²) in [5, 5.41) is 0. The summed E-state index contributed by atoms with van der Waals surface area (Å²) >= 11 is 0. The van der Waals surface area contributed by atoms with Gasteiger partial charge in [0.1, 0.15) is 0 Å². The summed E-state index contributed by atoms with van der Waals surface area (Å²) in [5.74, 6) is -2.14. The van der Waals surface area contributed by atoms with E-state index in [0.29, 0.717) is 0 Å². The fraction of sp³-hybridized carbons (Fsp3) is 0.750. The van der Waals surface area contributed by atoms with Gasteiger partial charge in [0.2, 0.25) is 0 Å². The van der Waals surface area contributed by atoms with Crippen molar-refractivity contribution in [3.8, 4) is 0 Å². The van der Waals surface area contributed by atoms with Crippen LogP contribution in [0, 0.1) is 22.2 Å². The highest BCUT2D eigenvalue weighted by Crippen LogP contribution is 2.44. The zero-order valence-electron chi connectivity index (χ0n) is 20.6. The van der Waals surface area contributed by atoms with Crippen molar-refractivity contribution < 1.29 is 23.8 Å². The minimum Gasteiger partial charge on any atom is -0.423 e. The fourth-order valence-electron chi connectivity index (χ4n) is 2.21. The largest absolute Gasteiger partial charge is 0.516 e. The van der Waals surface area contributed by atoms with E-state index in [1.165, 1.54) is 25.7 Å². The minimum atomic E-state index is -1.39. The maximum Gasteiger partial charge on any atom is 0.516 e. The molecule has 0 aromatic rings. The second-order valence-electron chi connectivity index (χ2n) is 10.7. The van der Waals surface area contributed by atoms with Gasteiger partial charge in [0.05, 0.1) is 12.2 Å². The predicted molar refractivity (Wildman–Crippen MR) is 117 cm³/mol. The van der Waals surface area contributed by atoms with Crippen molar-refractivity contribution in [2.45, 2.75) is 95.3 Å². The number of rotatable bonds is 8. The first-order chi connectivity index (χ1) is 12.8. The van der Waals surface area contributed by atoms with Crippen LogP contribution in [0.2, 0.25) is 0 Å². The molecular weight excluding hydrogens is 368 g/mol. The molecule has 5 heteroatoms. The first-order valence-corrected chi connectivity index (χ1v) is 10.3. The molecule has 0 saturated heterocycles. The third-order valence-electron chi connectivity index (χ3n) is 5.63.